The standard InChI is InChI=1S/C46H49N5O7/c1-30-40(44(53)48(3)35-12-14-37(52)15-13-35)26-43(47(30)2)41-23-32-16-17-50(46(55)58-39-11-7-10-38(25-39)56-4)27-34(32)24-42(41)45(54)51-28-33-9-6-5-8-31(33)22-36(51)29-49-18-20-57-21-19-49/h5-15,23-26,36,52H,16-22,27-29H2,1-4H3/t36-/m0/s1. The highest BCUT2D eigenvalue weighted by molar-refractivity contribution is 6.08. The largest absolute Gasteiger partial charge is 0.508 e. The topological polar surface area (TPSA) is 117 Å². The van der Waals surface area contributed by atoms with Crippen LogP contribution in [0.15, 0.2) is 91.0 Å². The Kier molecular flexibility index (Phi) is 11.0. The number of hydrogen-bond donors (Lipinski definition) is 1. The van der Waals surface area contributed by atoms with E-state index >= 15 is 4.79 Å². The van der Waals surface area contributed by atoms with Gasteiger partial charge in [-0.15, -0.1) is 0 Å². The Labute approximate surface area is 338 Å². The fraction of sp³-hybridized carbons (Fsp3) is 0.326. The lowest BCUT2D eigenvalue weighted by molar-refractivity contribution is 0.0193. The molecule has 12 nitrogen and oxygen atoms in total. The molecule has 1 atom stereocenters. The first-order valence-corrected chi connectivity index (χ1v) is 19.8. The van der Waals surface area contributed by atoms with Crippen LogP contribution >= 0.6 is 0 Å². The monoisotopic (exact) mass is 783 g/mol. The number of phenols is 1. The first-order valence-electron chi connectivity index (χ1n) is 19.8. The van der Waals surface area contributed by atoms with Crippen LogP contribution in [0, 0.1) is 6.92 Å². The molecule has 1 fully saturated rings. The second-order valence-corrected chi connectivity index (χ2v) is 15.3. The first-order chi connectivity index (χ1) is 28.1. The maximum Gasteiger partial charge on any atom is 0.415 e. The van der Waals surface area contributed by atoms with Crippen LogP contribution in [0.4, 0.5) is 10.5 Å². The summed E-state index contributed by atoms with van der Waals surface area (Å²) in [4.78, 5) is 50.6. The molecule has 4 heterocycles. The zero-order valence-corrected chi connectivity index (χ0v) is 33.4. The number of nitrogens with zero attached hydrogens (tertiary/aromatic N) is 5. The zero-order chi connectivity index (χ0) is 40.5. The van der Waals surface area contributed by atoms with E-state index in [1.165, 1.54) is 5.56 Å². The van der Waals surface area contributed by atoms with Crippen molar-refractivity contribution in [2.24, 2.45) is 7.05 Å². The van der Waals surface area contributed by atoms with E-state index in [4.69, 9.17) is 14.2 Å². The van der Waals surface area contributed by atoms with E-state index in [2.05, 4.69) is 29.2 Å². The molecule has 58 heavy (non-hydrogen) atoms. The minimum Gasteiger partial charge on any atom is -0.508 e. The van der Waals surface area contributed by atoms with E-state index < -0.39 is 6.09 Å². The van der Waals surface area contributed by atoms with Crippen molar-refractivity contribution >= 4 is 23.6 Å². The van der Waals surface area contributed by atoms with E-state index in [1.54, 1.807) is 72.5 Å². The number of hydrogen-bond acceptors (Lipinski definition) is 8. The molecule has 3 aliphatic rings. The second kappa shape index (κ2) is 16.4. The van der Waals surface area contributed by atoms with Gasteiger partial charge in [0.15, 0.2) is 0 Å². The van der Waals surface area contributed by atoms with Gasteiger partial charge in [0.05, 0.1) is 25.9 Å². The quantitative estimate of drug-likeness (QED) is 0.191. The molecule has 4 aromatic carbocycles. The number of carbonyl (C=O) groups excluding carboxylic acids is 3. The Morgan fingerprint density at radius 2 is 1.57 bits per heavy atom. The van der Waals surface area contributed by atoms with Crippen LogP contribution in [0.25, 0.3) is 11.3 Å². The van der Waals surface area contributed by atoms with E-state index in [0.717, 1.165) is 59.7 Å². The van der Waals surface area contributed by atoms with Crippen LogP contribution in [-0.2, 0) is 37.7 Å². The number of aromatic hydroxyl groups is 1. The fourth-order valence-corrected chi connectivity index (χ4v) is 8.36. The van der Waals surface area contributed by atoms with Crippen molar-refractivity contribution in [3.8, 4) is 28.5 Å². The molecule has 0 radical (unpaired) electrons. The Hall–Kier alpha value is -6.11. The minimum absolute atomic E-state index is 0.0787. The molecule has 0 unspecified atom stereocenters. The number of fused-ring (bicyclic) bond motifs is 2. The summed E-state index contributed by atoms with van der Waals surface area (Å²) >= 11 is 0. The van der Waals surface area contributed by atoms with Crippen LogP contribution in [0.5, 0.6) is 17.2 Å². The number of ether oxygens (including phenoxy) is 3. The highest BCUT2D eigenvalue weighted by Crippen LogP contribution is 2.36. The summed E-state index contributed by atoms with van der Waals surface area (Å²) in [6.45, 7) is 6.75. The second-order valence-electron chi connectivity index (χ2n) is 15.3. The molecule has 8 rings (SSSR count). The smallest absolute Gasteiger partial charge is 0.415 e. The molecule has 300 valence electrons. The molecule has 1 aromatic heterocycles. The van der Waals surface area contributed by atoms with Gasteiger partial charge in [0.25, 0.3) is 11.8 Å². The van der Waals surface area contributed by atoms with E-state index in [1.807, 2.05) is 41.6 Å². The molecule has 0 saturated carbocycles. The number of anilines is 1. The summed E-state index contributed by atoms with van der Waals surface area (Å²) in [5, 5.41) is 9.84. The van der Waals surface area contributed by atoms with Crippen LogP contribution in [0.3, 0.4) is 0 Å². The maximum absolute atomic E-state index is 15.4. The average Bonchev–Trinajstić information content (AvgIpc) is 3.55. The van der Waals surface area contributed by atoms with Crippen molar-refractivity contribution in [2.45, 2.75) is 38.9 Å². The van der Waals surface area contributed by atoms with E-state index in [-0.39, 0.29) is 30.2 Å². The Balaban J connectivity index is 1.18. The average molecular weight is 784 g/mol. The summed E-state index contributed by atoms with van der Waals surface area (Å²) in [6.07, 6.45) is 0.808. The third-order valence-corrected chi connectivity index (χ3v) is 11.9. The number of methoxy groups -OCH3 is 1. The lowest BCUT2D eigenvalue weighted by atomic mass is 9.89. The van der Waals surface area contributed by atoms with Gasteiger partial charge in [-0.25, -0.2) is 4.79 Å². The molecule has 1 N–H and O–H groups in total. The van der Waals surface area contributed by atoms with E-state index in [0.29, 0.717) is 61.0 Å². The van der Waals surface area contributed by atoms with Crippen LogP contribution in [-0.4, -0.2) is 102 Å². The summed E-state index contributed by atoms with van der Waals surface area (Å²) in [5.74, 6) is 0.783. The normalized spacial score (nSPS) is 16.7. The highest BCUT2D eigenvalue weighted by atomic mass is 16.6. The lowest BCUT2D eigenvalue weighted by Crippen LogP contribution is -2.52. The van der Waals surface area contributed by atoms with Crippen molar-refractivity contribution in [1.29, 1.82) is 0 Å². The number of phenolic OH excluding ortho intramolecular Hbond substituents is 1. The van der Waals surface area contributed by atoms with Crippen molar-refractivity contribution in [2.75, 3.05) is 58.5 Å². The number of rotatable bonds is 8. The maximum atomic E-state index is 15.4. The number of benzene rings is 4. The van der Waals surface area contributed by atoms with Crippen LogP contribution < -0.4 is 14.4 Å². The van der Waals surface area contributed by atoms with Gasteiger partial charge in [-0.2, -0.15) is 0 Å². The predicted molar refractivity (Wildman–Crippen MR) is 221 cm³/mol. The highest BCUT2D eigenvalue weighted by Gasteiger charge is 2.35. The summed E-state index contributed by atoms with van der Waals surface area (Å²) < 4.78 is 18.7. The van der Waals surface area contributed by atoms with Gasteiger partial charge in [-0.05, 0) is 96.6 Å². The van der Waals surface area contributed by atoms with Crippen molar-refractivity contribution in [3.63, 3.8) is 0 Å². The number of carbonyl (C=O) groups is 3. The Bertz CT molecular complexity index is 2350. The van der Waals surface area contributed by atoms with Crippen molar-refractivity contribution in [1.82, 2.24) is 19.3 Å². The zero-order valence-electron chi connectivity index (χ0n) is 33.4. The Morgan fingerprint density at radius 1 is 0.828 bits per heavy atom. The predicted octanol–water partition coefficient (Wildman–Crippen LogP) is 6.45. The van der Waals surface area contributed by atoms with Gasteiger partial charge in [0, 0.05) is 93.7 Å². The van der Waals surface area contributed by atoms with Gasteiger partial charge in [-0.1, -0.05) is 30.3 Å². The number of aromatic nitrogens is 1. The summed E-state index contributed by atoms with van der Waals surface area (Å²) in [6, 6.07) is 27.6. The molecule has 5 aromatic rings. The molecule has 12 heteroatoms. The van der Waals surface area contributed by atoms with Gasteiger partial charge >= 0.3 is 6.09 Å². The fourth-order valence-electron chi connectivity index (χ4n) is 8.36. The van der Waals surface area contributed by atoms with Crippen molar-refractivity contribution < 1.29 is 33.7 Å². The van der Waals surface area contributed by atoms with Crippen LogP contribution in [0.1, 0.15) is 48.7 Å². The molecule has 0 aliphatic carbocycles. The summed E-state index contributed by atoms with van der Waals surface area (Å²) in [5.41, 5.74) is 8.17. The minimum atomic E-state index is -0.479. The first kappa shape index (κ1) is 38.7. The van der Waals surface area contributed by atoms with Gasteiger partial charge in [-0.3, -0.25) is 14.5 Å². The molecule has 3 aliphatic heterocycles. The molecular weight excluding hydrogens is 735 g/mol. The van der Waals surface area contributed by atoms with Gasteiger partial charge < -0.3 is 38.6 Å². The molecule has 1 saturated heterocycles. The van der Waals surface area contributed by atoms with Gasteiger partial charge in [0.1, 0.15) is 17.2 Å². The number of morpholine rings is 1. The third-order valence-electron chi connectivity index (χ3n) is 11.9. The lowest BCUT2D eigenvalue weighted by Gasteiger charge is -2.41. The molecule has 0 spiro atoms. The third kappa shape index (κ3) is 7.77. The number of amides is 3. The van der Waals surface area contributed by atoms with Crippen molar-refractivity contribution in [3.05, 3.63) is 130 Å². The molecule has 0 bridgehead atoms. The summed E-state index contributed by atoms with van der Waals surface area (Å²) in [7, 11) is 5.20. The van der Waals surface area contributed by atoms with Gasteiger partial charge in [0.2, 0.25) is 0 Å². The Morgan fingerprint density at radius 3 is 2.33 bits per heavy atom. The van der Waals surface area contributed by atoms with E-state index in [9.17, 15) is 14.7 Å². The van der Waals surface area contributed by atoms with Crippen LogP contribution in [0.2, 0.25) is 0 Å². The molecule has 3 amide bonds. The molecular formula is C46H49N5O7. The SMILES string of the molecule is COc1cccc(OC(=O)N2CCc3cc(-c4cc(C(=O)N(C)c5ccc(O)cc5)c(C)n4C)c(C(=O)N4Cc5ccccc5C[C@H]4CN4CCOCC4)cc3C2)c1.